The van der Waals surface area contributed by atoms with Crippen molar-refractivity contribution in [1.82, 2.24) is 0 Å². The Labute approximate surface area is 66.5 Å². The lowest BCUT2D eigenvalue weighted by atomic mass is 10.4. The van der Waals surface area contributed by atoms with Crippen molar-refractivity contribution in [3.8, 4) is 5.75 Å². The van der Waals surface area contributed by atoms with Crippen LogP contribution in [-0.2, 0) is 0 Å². The highest BCUT2D eigenvalue weighted by molar-refractivity contribution is 9.10. The van der Waals surface area contributed by atoms with Crippen molar-refractivity contribution >= 4 is 27.3 Å². The molecule has 1 rings (SSSR count). The van der Waals surface area contributed by atoms with E-state index in [4.69, 9.17) is 0 Å². The molecule has 0 aliphatic rings. The van der Waals surface area contributed by atoms with Gasteiger partial charge in [-0.3, -0.25) is 0 Å². The third-order valence-electron chi connectivity index (χ3n) is 1.16. The van der Waals surface area contributed by atoms with Gasteiger partial charge in [0.2, 0.25) is 0 Å². The SMILES string of the molecule is Cc1sc(C)c(Br)c1O. The third kappa shape index (κ3) is 1.12. The zero-order chi connectivity index (χ0) is 7.02. The summed E-state index contributed by atoms with van der Waals surface area (Å²) >= 11 is 4.86. The highest BCUT2D eigenvalue weighted by atomic mass is 79.9. The Morgan fingerprint density at radius 3 is 2.00 bits per heavy atom. The highest BCUT2D eigenvalue weighted by Crippen LogP contribution is 2.37. The molecule has 0 aliphatic heterocycles. The van der Waals surface area contributed by atoms with Crippen LogP contribution in [0.25, 0.3) is 0 Å². The summed E-state index contributed by atoms with van der Waals surface area (Å²) in [5, 5.41) is 9.19. The fourth-order valence-electron chi connectivity index (χ4n) is 0.644. The van der Waals surface area contributed by atoms with Gasteiger partial charge in [-0.25, -0.2) is 0 Å². The van der Waals surface area contributed by atoms with E-state index >= 15 is 0 Å². The molecular weight excluding hydrogens is 200 g/mol. The van der Waals surface area contributed by atoms with E-state index in [1.165, 1.54) is 0 Å². The molecule has 0 atom stereocenters. The first-order valence-electron chi connectivity index (χ1n) is 2.57. The predicted octanol–water partition coefficient (Wildman–Crippen LogP) is 2.83. The van der Waals surface area contributed by atoms with Crippen molar-refractivity contribution in [2.45, 2.75) is 13.8 Å². The van der Waals surface area contributed by atoms with Crippen LogP contribution in [0.4, 0.5) is 0 Å². The minimum atomic E-state index is 0.387. The van der Waals surface area contributed by atoms with Crippen molar-refractivity contribution in [2.24, 2.45) is 0 Å². The number of aryl methyl sites for hydroxylation is 2. The maximum atomic E-state index is 9.19. The van der Waals surface area contributed by atoms with Gasteiger partial charge in [-0.1, -0.05) is 0 Å². The standard InChI is InChI=1S/C6H7BrOS/c1-3-5(7)6(8)4(2)9-3/h8H,1-2H3. The monoisotopic (exact) mass is 206 g/mol. The van der Waals surface area contributed by atoms with Gasteiger partial charge in [0.1, 0.15) is 5.75 Å². The molecular formula is C6H7BrOS. The quantitative estimate of drug-likeness (QED) is 0.693. The second-order valence-corrected chi connectivity index (χ2v) is 4.10. The Morgan fingerprint density at radius 1 is 1.33 bits per heavy atom. The van der Waals surface area contributed by atoms with E-state index in [1.807, 2.05) is 13.8 Å². The fourth-order valence-corrected chi connectivity index (χ4v) is 2.16. The number of thiophene rings is 1. The van der Waals surface area contributed by atoms with Gasteiger partial charge in [0.05, 0.1) is 4.47 Å². The lowest BCUT2D eigenvalue weighted by Crippen LogP contribution is -1.61. The zero-order valence-corrected chi connectivity index (χ0v) is 7.64. The van der Waals surface area contributed by atoms with Gasteiger partial charge in [-0.05, 0) is 29.8 Å². The summed E-state index contributed by atoms with van der Waals surface area (Å²) in [4.78, 5) is 2.10. The van der Waals surface area contributed by atoms with E-state index in [9.17, 15) is 5.11 Å². The van der Waals surface area contributed by atoms with Gasteiger partial charge >= 0.3 is 0 Å². The lowest BCUT2D eigenvalue weighted by Gasteiger charge is -1.85. The minimum absolute atomic E-state index is 0.387. The molecule has 1 nitrogen and oxygen atoms in total. The lowest BCUT2D eigenvalue weighted by molar-refractivity contribution is 0.471. The largest absolute Gasteiger partial charge is 0.506 e. The van der Waals surface area contributed by atoms with Crippen LogP contribution in [0.15, 0.2) is 4.47 Å². The van der Waals surface area contributed by atoms with Crippen molar-refractivity contribution in [2.75, 3.05) is 0 Å². The molecule has 1 aromatic rings. The summed E-state index contributed by atoms with van der Waals surface area (Å²) in [6.45, 7) is 3.87. The molecule has 1 N–H and O–H groups in total. The van der Waals surface area contributed by atoms with Crippen LogP contribution in [0, 0.1) is 13.8 Å². The third-order valence-corrected chi connectivity index (χ3v) is 3.40. The zero-order valence-electron chi connectivity index (χ0n) is 5.23. The van der Waals surface area contributed by atoms with Crippen LogP contribution in [-0.4, -0.2) is 5.11 Å². The maximum absolute atomic E-state index is 9.19. The molecule has 0 fully saturated rings. The summed E-state index contributed by atoms with van der Waals surface area (Å²) in [6, 6.07) is 0. The van der Waals surface area contributed by atoms with Crippen molar-refractivity contribution in [3.63, 3.8) is 0 Å². The van der Waals surface area contributed by atoms with Crippen molar-refractivity contribution in [1.29, 1.82) is 0 Å². The highest BCUT2D eigenvalue weighted by Gasteiger charge is 2.07. The second-order valence-electron chi connectivity index (χ2n) is 1.88. The Balaban J connectivity index is 3.29. The molecule has 1 heterocycles. The van der Waals surface area contributed by atoms with Crippen LogP contribution in [0.1, 0.15) is 9.75 Å². The molecule has 0 aromatic carbocycles. The number of hydrogen-bond donors (Lipinski definition) is 1. The van der Waals surface area contributed by atoms with Gasteiger partial charge in [-0.2, -0.15) is 0 Å². The molecule has 0 radical (unpaired) electrons. The smallest absolute Gasteiger partial charge is 0.143 e. The van der Waals surface area contributed by atoms with E-state index in [1.54, 1.807) is 11.3 Å². The number of aromatic hydroxyl groups is 1. The summed E-state index contributed by atoms with van der Waals surface area (Å²) in [5.41, 5.74) is 0. The van der Waals surface area contributed by atoms with Crippen LogP contribution >= 0.6 is 27.3 Å². The average molecular weight is 207 g/mol. The Morgan fingerprint density at radius 2 is 1.89 bits per heavy atom. The Kier molecular flexibility index (Phi) is 1.82. The average Bonchev–Trinajstić information content (AvgIpc) is 1.98. The first-order chi connectivity index (χ1) is 4.13. The Bertz CT molecular complexity index is 207. The number of halogens is 1. The van der Waals surface area contributed by atoms with Crippen LogP contribution in [0.3, 0.4) is 0 Å². The summed E-state index contributed by atoms with van der Waals surface area (Å²) < 4.78 is 0.838. The van der Waals surface area contributed by atoms with Crippen LogP contribution in [0.2, 0.25) is 0 Å². The van der Waals surface area contributed by atoms with Gasteiger partial charge in [-0.15, -0.1) is 11.3 Å². The minimum Gasteiger partial charge on any atom is -0.506 e. The summed E-state index contributed by atoms with van der Waals surface area (Å²) in [5.74, 6) is 0.387. The van der Waals surface area contributed by atoms with Crippen LogP contribution in [0.5, 0.6) is 5.75 Å². The topological polar surface area (TPSA) is 20.2 Å². The van der Waals surface area contributed by atoms with Gasteiger partial charge < -0.3 is 5.11 Å². The maximum Gasteiger partial charge on any atom is 0.143 e. The molecule has 0 saturated carbocycles. The summed E-state index contributed by atoms with van der Waals surface area (Å²) in [7, 11) is 0. The van der Waals surface area contributed by atoms with E-state index in [0.29, 0.717) is 5.75 Å². The molecule has 0 saturated heterocycles. The van der Waals surface area contributed by atoms with E-state index in [-0.39, 0.29) is 0 Å². The molecule has 0 unspecified atom stereocenters. The molecule has 0 amide bonds. The van der Waals surface area contributed by atoms with E-state index < -0.39 is 0 Å². The number of rotatable bonds is 0. The van der Waals surface area contributed by atoms with E-state index in [0.717, 1.165) is 14.2 Å². The predicted molar refractivity (Wildman–Crippen MR) is 43.2 cm³/mol. The molecule has 3 heteroatoms. The first-order valence-corrected chi connectivity index (χ1v) is 4.18. The van der Waals surface area contributed by atoms with Gasteiger partial charge in [0.25, 0.3) is 0 Å². The molecule has 0 bridgehead atoms. The van der Waals surface area contributed by atoms with Crippen molar-refractivity contribution in [3.05, 3.63) is 14.2 Å². The molecule has 9 heavy (non-hydrogen) atoms. The van der Waals surface area contributed by atoms with Gasteiger partial charge in [0, 0.05) is 9.75 Å². The second kappa shape index (κ2) is 2.31. The molecule has 0 spiro atoms. The number of hydrogen-bond acceptors (Lipinski definition) is 2. The fraction of sp³-hybridized carbons (Fsp3) is 0.333. The molecule has 0 aliphatic carbocycles. The first kappa shape index (κ1) is 7.09. The summed E-state index contributed by atoms with van der Waals surface area (Å²) in [6.07, 6.45) is 0. The molecule has 50 valence electrons. The normalized spacial score (nSPS) is 10.1. The van der Waals surface area contributed by atoms with Crippen molar-refractivity contribution < 1.29 is 5.11 Å². The van der Waals surface area contributed by atoms with Gasteiger partial charge in [0.15, 0.2) is 0 Å². The molecule has 1 aromatic heterocycles. The van der Waals surface area contributed by atoms with E-state index in [2.05, 4.69) is 15.9 Å². The Hall–Kier alpha value is -0.0200. The van der Waals surface area contributed by atoms with Crippen LogP contribution < -0.4 is 0 Å².